The van der Waals surface area contributed by atoms with E-state index in [0.29, 0.717) is 18.1 Å². The van der Waals surface area contributed by atoms with Crippen molar-refractivity contribution in [2.75, 3.05) is 0 Å². The molecule has 94 valence electrons. The van der Waals surface area contributed by atoms with Gasteiger partial charge in [-0.1, -0.05) is 28.1 Å². The maximum absolute atomic E-state index is 11.2. The number of aromatic nitrogens is 2. The van der Waals surface area contributed by atoms with Gasteiger partial charge in [0.05, 0.1) is 5.69 Å². The number of nitrogens with zero attached hydrogens (tertiary/aromatic N) is 2. The third-order valence-electron chi connectivity index (χ3n) is 2.79. The molecule has 0 amide bonds. The van der Waals surface area contributed by atoms with E-state index in [1.165, 1.54) is 0 Å². The highest BCUT2D eigenvalue weighted by atomic mass is 79.9. The van der Waals surface area contributed by atoms with Crippen molar-refractivity contribution in [2.24, 2.45) is 0 Å². The summed E-state index contributed by atoms with van der Waals surface area (Å²) in [6.07, 6.45) is 0. The monoisotopic (exact) mass is 308 g/mol. The maximum atomic E-state index is 11.2. The van der Waals surface area contributed by atoms with Crippen LogP contribution in [0.25, 0.3) is 0 Å². The van der Waals surface area contributed by atoms with Gasteiger partial charge in [0.1, 0.15) is 5.82 Å². The van der Waals surface area contributed by atoms with Crippen LogP contribution in [-0.2, 0) is 6.54 Å². The lowest BCUT2D eigenvalue weighted by atomic mass is 10.2. The number of halogens is 1. The first kappa shape index (κ1) is 12.8. The zero-order valence-corrected chi connectivity index (χ0v) is 11.7. The lowest BCUT2D eigenvalue weighted by Gasteiger charge is -2.08. The fraction of sp³-hybridized carbons (Fsp3) is 0.231. The van der Waals surface area contributed by atoms with Crippen LogP contribution in [0, 0.1) is 13.8 Å². The molecule has 18 heavy (non-hydrogen) atoms. The van der Waals surface area contributed by atoms with Gasteiger partial charge < -0.3 is 9.67 Å². The first-order valence-corrected chi connectivity index (χ1v) is 6.30. The zero-order chi connectivity index (χ0) is 13.3. The Morgan fingerprint density at radius 3 is 2.50 bits per heavy atom. The first-order valence-electron chi connectivity index (χ1n) is 5.50. The number of hydrogen-bond acceptors (Lipinski definition) is 2. The summed E-state index contributed by atoms with van der Waals surface area (Å²) >= 11 is 3.37. The molecule has 5 heteroatoms. The van der Waals surface area contributed by atoms with Crippen LogP contribution in [0.2, 0.25) is 0 Å². The Kier molecular flexibility index (Phi) is 3.52. The van der Waals surface area contributed by atoms with E-state index in [4.69, 9.17) is 0 Å². The second-order valence-electron chi connectivity index (χ2n) is 4.11. The minimum absolute atomic E-state index is 0.260. The molecule has 1 N–H and O–H groups in total. The smallest absolute Gasteiger partial charge is 0.354 e. The van der Waals surface area contributed by atoms with Gasteiger partial charge in [-0.2, -0.15) is 0 Å². The Labute approximate surface area is 113 Å². The summed E-state index contributed by atoms with van der Waals surface area (Å²) < 4.78 is 2.73. The summed E-state index contributed by atoms with van der Waals surface area (Å²) in [4.78, 5) is 15.5. The van der Waals surface area contributed by atoms with Crippen LogP contribution < -0.4 is 0 Å². The second-order valence-corrected chi connectivity index (χ2v) is 5.03. The normalized spacial score (nSPS) is 10.6. The van der Waals surface area contributed by atoms with Crippen LogP contribution in [0.4, 0.5) is 0 Å². The zero-order valence-electron chi connectivity index (χ0n) is 10.1. The number of hydrogen-bond donors (Lipinski definition) is 1. The van der Waals surface area contributed by atoms with Crippen molar-refractivity contribution in [3.8, 4) is 0 Å². The predicted octanol–water partition coefficient (Wildman–Crippen LogP) is 3.01. The Hall–Kier alpha value is -1.62. The van der Waals surface area contributed by atoms with Gasteiger partial charge in [0.2, 0.25) is 0 Å². The highest BCUT2D eigenvalue weighted by Gasteiger charge is 2.17. The molecule has 0 aliphatic rings. The third kappa shape index (κ3) is 2.46. The molecular formula is C13H13BrN2O2. The molecule has 0 aliphatic carbocycles. The van der Waals surface area contributed by atoms with Crippen molar-refractivity contribution >= 4 is 21.9 Å². The first-order chi connectivity index (χ1) is 8.49. The van der Waals surface area contributed by atoms with Crippen molar-refractivity contribution in [1.82, 2.24) is 9.55 Å². The molecule has 0 radical (unpaired) electrons. The molecule has 1 aromatic carbocycles. The second kappa shape index (κ2) is 4.94. The van der Waals surface area contributed by atoms with E-state index < -0.39 is 5.97 Å². The van der Waals surface area contributed by atoms with Crippen LogP contribution in [0.1, 0.15) is 27.6 Å². The number of carboxylic acids is 1. The Balaban J connectivity index is 2.39. The predicted molar refractivity (Wildman–Crippen MR) is 71.9 cm³/mol. The molecular weight excluding hydrogens is 296 g/mol. The van der Waals surface area contributed by atoms with E-state index in [0.717, 1.165) is 10.0 Å². The SMILES string of the molecule is Cc1nc(C)n(Cc2ccc(Br)cc2)c1C(=O)O. The minimum Gasteiger partial charge on any atom is -0.477 e. The molecule has 0 spiro atoms. The van der Waals surface area contributed by atoms with Gasteiger partial charge in [-0.05, 0) is 31.5 Å². The van der Waals surface area contributed by atoms with E-state index >= 15 is 0 Å². The average Bonchev–Trinajstić information content (AvgIpc) is 2.57. The van der Waals surface area contributed by atoms with Crippen LogP contribution in [0.5, 0.6) is 0 Å². The molecule has 0 fully saturated rings. The van der Waals surface area contributed by atoms with Crippen molar-refractivity contribution < 1.29 is 9.90 Å². The number of aromatic carboxylic acids is 1. The van der Waals surface area contributed by atoms with E-state index in [-0.39, 0.29) is 5.69 Å². The van der Waals surface area contributed by atoms with Crippen LogP contribution in [-0.4, -0.2) is 20.6 Å². The van der Waals surface area contributed by atoms with Crippen molar-refractivity contribution in [1.29, 1.82) is 0 Å². The largest absolute Gasteiger partial charge is 0.477 e. The molecule has 0 atom stereocenters. The molecule has 0 unspecified atom stereocenters. The van der Waals surface area contributed by atoms with Crippen LogP contribution in [0.3, 0.4) is 0 Å². The highest BCUT2D eigenvalue weighted by molar-refractivity contribution is 9.10. The number of carboxylic acid groups (broad SMARTS) is 1. The van der Waals surface area contributed by atoms with Gasteiger partial charge in [0.15, 0.2) is 5.69 Å². The minimum atomic E-state index is -0.940. The molecule has 2 aromatic rings. The molecule has 1 heterocycles. The number of rotatable bonds is 3. The summed E-state index contributed by atoms with van der Waals surface area (Å²) in [6.45, 7) is 4.05. The van der Waals surface area contributed by atoms with E-state index in [1.54, 1.807) is 11.5 Å². The summed E-state index contributed by atoms with van der Waals surface area (Å²) in [5, 5.41) is 9.21. The standard InChI is InChI=1S/C13H13BrN2O2/c1-8-12(13(17)18)16(9(2)15-8)7-10-3-5-11(14)6-4-10/h3-6H,7H2,1-2H3,(H,17,18). The fourth-order valence-corrected chi connectivity index (χ4v) is 2.21. The number of carbonyl (C=O) groups is 1. The van der Waals surface area contributed by atoms with E-state index in [1.807, 2.05) is 31.2 Å². The Morgan fingerprint density at radius 1 is 1.33 bits per heavy atom. The lowest BCUT2D eigenvalue weighted by Crippen LogP contribution is -2.11. The number of benzene rings is 1. The molecule has 4 nitrogen and oxygen atoms in total. The molecule has 0 bridgehead atoms. The summed E-state index contributed by atoms with van der Waals surface area (Å²) in [5.41, 5.74) is 1.86. The third-order valence-corrected chi connectivity index (χ3v) is 3.32. The summed E-state index contributed by atoms with van der Waals surface area (Å²) in [5.74, 6) is -0.224. The summed E-state index contributed by atoms with van der Waals surface area (Å²) in [6, 6.07) is 7.80. The highest BCUT2D eigenvalue weighted by Crippen LogP contribution is 2.16. The van der Waals surface area contributed by atoms with Gasteiger partial charge >= 0.3 is 5.97 Å². The topological polar surface area (TPSA) is 55.1 Å². The van der Waals surface area contributed by atoms with Crippen molar-refractivity contribution in [3.05, 3.63) is 51.5 Å². The molecule has 0 aliphatic heterocycles. The van der Waals surface area contributed by atoms with Crippen LogP contribution in [0.15, 0.2) is 28.7 Å². The van der Waals surface area contributed by atoms with Crippen molar-refractivity contribution in [3.63, 3.8) is 0 Å². The van der Waals surface area contributed by atoms with Crippen molar-refractivity contribution in [2.45, 2.75) is 20.4 Å². The molecule has 2 rings (SSSR count). The van der Waals surface area contributed by atoms with Gasteiger partial charge in [-0.3, -0.25) is 0 Å². The molecule has 1 aromatic heterocycles. The quantitative estimate of drug-likeness (QED) is 0.948. The Bertz CT molecular complexity index is 588. The van der Waals surface area contributed by atoms with Gasteiger partial charge in [0, 0.05) is 11.0 Å². The van der Waals surface area contributed by atoms with Gasteiger partial charge in [0.25, 0.3) is 0 Å². The van der Waals surface area contributed by atoms with E-state index in [9.17, 15) is 9.90 Å². The number of aryl methyl sites for hydroxylation is 2. The number of imidazole rings is 1. The fourth-order valence-electron chi connectivity index (χ4n) is 1.95. The van der Waals surface area contributed by atoms with E-state index in [2.05, 4.69) is 20.9 Å². The molecule has 0 saturated carbocycles. The van der Waals surface area contributed by atoms with Gasteiger partial charge in [-0.15, -0.1) is 0 Å². The van der Waals surface area contributed by atoms with Crippen LogP contribution >= 0.6 is 15.9 Å². The summed E-state index contributed by atoms with van der Waals surface area (Å²) in [7, 11) is 0. The Morgan fingerprint density at radius 2 is 1.94 bits per heavy atom. The molecule has 0 saturated heterocycles. The lowest BCUT2D eigenvalue weighted by molar-refractivity contribution is 0.0684. The maximum Gasteiger partial charge on any atom is 0.354 e. The van der Waals surface area contributed by atoms with Gasteiger partial charge in [-0.25, -0.2) is 9.78 Å². The average molecular weight is 309 g/mol.